The van der Waals surface area contributed by atoms with Crippen LogP contribution in [0.1, 0.15) is 24.0 Å². The summed E-state index contributed by atoms with van der Waals surface area (Å²) in [5.74, 6) is 0. The highest BCUT2D eigenvalue weighted by molar-refractivity contribution is 7.89. The van der Waals surface area contributed by atoms with Gasteiger partial charge in [0.05, 0.1) is 11.6 Å². The van der Waals surface area contributed by atoms with Crippen molar-refractivity contribution in [3.05, 3.63) is 64.1 Å². The van der Waals surface area contributed by atoms with Crippen LogP contribution in [-0.4, -0.2) is 41.8 Å². The number of sulfonamides is 1. The van der Waals surface area contributed by atoms with Gasteiger partial charge in [0.25, 0.3) is 5.56 Å². The second kappa shape index (κ2) is 6.98. The number of pyridine rings is 1. The van der Waals surface area contributed by atoms with E-state index in [1.807, 2.05) is 12.1 Å². The summed E-state index contributed by atoms with van der Waals surface area (Å²) >= 11 is 0. The average Bonchev–Trinajstić information content (AvgIpc) is 3.19. The molecule has 7 heteroatoms. The highest BCUT2D eigenvalue weighted by Crippen LogP contribution is 2.21. The summed E-state index contributed by atoms with van der Waals surface area (Å²) < 4.78 is 28.5. The van der Waals surface area contributed by atoms with Crippen LogP contribution in [0.2, 0.25) is 0 Å². The van der Waals surface area contributed by atoms with Crippen LogP contribution in [0.3, 0.4) is 0 Å². The molecule has 0 N–H and O–H groups in total. The molecule has 2 aliphatic rings. The maximum atomic E-state index is 12.8. The summed E-state index contributed by atoms with van der Waals surface area (Å²) in [4.78, 5) is 14.6. The lowest BCUT2D eigenvalue weighted by molar-refractivity contribution is 0.196. The second-order valence-corrected chi connectivity index (χ2v) is 8.93. The van der Waals surface area contributed by atoms with Crippen LogP contribution in [0.4, 0.5) is 0 Å². The number of rotatable bonds is 4. The summed E-state index contributed by atoms with van der Waals surface area (Å²) in [5, 5.41) is 0. The number of nitrogens with zero attached hydrogens (tertiary/aromatic N) is 3. The minimum atomic E-state index is -3.51. The van der Waals surface area contributed by atoms with Crippen LogP contribution in [0, 0.1) is 0 Å². The molecule has 0 unspecified atom stereocenters. The highest BCUT2D eigenvalue weighted by Gasteiger charge is 2.28. The van der Waals surface area contributed by atoms with Gasteiger partial charge in [0.15, 0.2) is 0 Å². The fraction of sp³-hybridized carbons (Fsp3) is 0.421. The van der Waals surface area contributed by atoms with Crippen LogP contribution < -0.4 is 5.56 Å². The fourth-order valence-corrected chi connectivity index (χ4v) is 5.28. The zero-order chi connectivity index (χ0) is 18.1. The maximum absolute atomic E-state index is 12.8. The number of aromatic nitrogens is 1. The predicted octanol–water partition coefficient (Wildman–Crippen LogP) is 1.65. The summed E-state index contributed by atoms with van der Waals surface area (Å²) in [7, 11) is -3.51. The van der Waals surface area contributed by atoms with Gasteiger partial charge < -0.3 is 4.57 Å². The van der Waals surface area contributed by atoms with Crippen molar-refractivity contribution in [3.63, 3.8) is 0 Å². The topological polar surface area (TPSA) is 62.6 Å². The lowest BCUT2D eigenvalue weighted by atomic mass is 10.0. The van der Waals surface area contributed by atoms with Crippen molar-refractivity contribution in [1.82, 2.24) is 13.8 Å². The molecule has 2 aliphatic heterocycles. The van der Waals surface area contributed by atoms with Crippen molar-refractivity contribution in [2.75, 3.05) is 19.6 Å². The van der Waals surface area contributed by atoms with Gasteiger partial charge in [-0.1, -0.05) is 24.3 Å². The van der Waals surface area contributed by atoms with Gasteiger partial charge in [-0.2, -0.15) is 4.31 Å². The normalized spacial score (nSPS) is 18.8. The smallest absolute Gasteiger partial charge is 0.251 e. The van der Waals surface area contributed by atoms with Crippen molar-refractivity contribution in [2.24, 2.45) is 0 Å². The number of fused-ring (bicyclic) bond motifs is 1. The van der Waals surface area contributed by atoms with Crippen LogP contribution in [0.25, 0.3) is 0 Å². The average molecular weight is 373 g/mol. The summed E-state index contributed by atoms with van der Waals surface area (Å²) in [5.41, 5.74) is 2.44. The third-order valence-corrected chi connectivity index (χ3v) is 7.10. The number of hydrogen-bond donors (Lipinski definition) is 0. The van der Waals surface area contributed by atoms with Crippen molar-refractivity contribution >= 4 is 10.0 Å². The van der Waals surface area contributed by atoms with Crippen molar-refractivity contribution in [3.8, 4) is 0 Å². The molecule has 138 valence electrons. The lowest BCUT2D eigenvalue weighted by Crippen LogP contribution is -2.36. The molecule has 6 nitrogen and oxygen atoms in total. The molecular formula is C19H23N3O3S. The Hall–Kier alpha value is -1.96. The van der Waals surface area contributed by atoms with Crippen molar-refractivity contribution < 1.29 is 8.42 Å². The quantitative estimate of drug-likeness (QED) is 0.818. The zero-order valence-electron chi connectivity index (χ0n) is 14.7. The van der Waals surface area contributed by atoms with Gasteiger partial charge in [0, 0.05) is 38.4 Å². The Labute approximate surface area is 153 Å². The summed E-state index contributed by atoms with van der Waals surface area (Å²) in [6.45, 7) is 3.14. The van der Waals surface area contributed by atoms with Gasteiger partial charge >= 0.3 is 0 Å². The minimum absolute atomic E-state index is 0.177. The van der Waals surface area contributed by atoms with Crippen LogP contribution >= 0.6 is 0 Å². The SMILES string of the molecule is O=c1ccc(S(=O)(=O)N2CCCC2)cn1CN1CCc2ccccc2C1. The van der Waals surface area contributed by atoms with Gasteiger partial charge in [0.1, 0.15) is 0 Å². The van der Waals surface area contributed by atoms with E-state index in [-0.39, 0.29) is 10.5 Å². The zero-order valence-corrected chi connectivity index (χ0v) is 15.5. The van der Waals surface area contributed by atoms with Crippen molar-refractivity contribution in [2.45, 2.75) is 37.4 Å². The maximum Gasteiger partial charge on any atom is 0.251 e. The molecule has 4 rings (SSSR count). The third-order valence-electron chi connectivity index (χ3n) is 5.22. The molecule has 0 radical (unpaired) electrons. The molecule has 1 fully saturated rings. The molecule has 3 heterocycles. The Balaban J connectivity index is 1.57. The van der Waals surface area contributed by atoms with E-state index >= 15 is 0 Å². The summed E-state index contributed by atoms with van der Waals surface area (Å²) in [6.07, 6.45) is 4.23. The molecule has 1 aromatic carbocycles. The van der Waals surface area contributed by atoms with Crippen LogP contribution in [0.5, 0.6) is 0 Å². The molecule has 0 bridgehead atoms. The molecule has 26 heavy (non-hydrogen) atoms. The Bertz CT molecular complexity index is 962. The van der Waals surface area contributed by atoms with E-state index in [2.05, 4.69) is 17.0 Å². The van der Waals surface area contributed by atoms with E-state index in [1.165, 1.54) is 38.3 Å². The predicted molar refractivity (Wildman–Crippen MR) is 99.3 cm³/mol. The second-order valence-electron chi connectivity index (χ2n) is 7.00. The molecule has 0 saturated carbocycles. The van der Waals surface area contributed by atoms with Gasteiger partial charge in [-0.05, 0) is 36.5 Å². The highest BCUT2D eigenvalue weighted by atomic mass is 32.2. The van der Waals surface area contributed by atoms with Crippen LogP contribution in [-0.2, 0) is 29.7 Å². The van der Waals surface area contributed by atoms with E-state index < -0.39 is 10.0 Å². The van der Waals surface area contributed by atoms with Gasteiger partial charge in [0.2, 0.25) is 10.0 Å². The van der Waals surface area contributed by atoms with E-state index in [9.17, 15) is 13.2 Å². The first-order valence-electron chi connectivity index (χ1n) is 9.04. The summed E-state index contributed by atoms with van der Waals surface area (Å²) in [6, 6.07) is 11.1. The van der Waals surface area contributed by atoms with Gasteiger partial charge in [-0.25, -0.2) is 8.42 Å². The van der Waals surface area contributed by atoms with Gasteiger partial charge in [-0.15, -0.1) is 0 Å². The largest absolute Gasteiger partial charge is 0.301 e. The van der Waals surface area contributed by atoms with Crippen LogP contribution in [0.15, 0.2) is 52.3 Å². The molecule has 0 aliphatic carbocycles. The van der Waals surface area contributed by atoms with Crippen molar-refractivity contribution in [1.29, 1.82) is 0 Å². The molecule has 0 amide bonds. The Morgan fingerprint density at radius 2 is 1.65 bits per heavy atom. The molecule has 1 aromatic heterocycles. The molecule has 0 atom stereocenters. The monoisotopic (exact) mass is 373 g/mol. The van der Waals surface area contributed by atoms with E-state index in [4.69, 9.17) is 0 Å². The first-order valence-corrected chi connectivity index (χ1v) is 10.5. The van der Waals surface area contributed by atoms with E-state index in [0.29, 0.717) is 19.8 Å². The Morgan fingerprint density at radius 3 is 2.42 bits per heavy atom. The number of benzene rings is 1. The molecule has 1 saturated heterocycles. The Morgan fingerprint density at radius 1 is 0.923 bits per heavy atom. The Kier molecular flexibility index (Phi) is 4.69. The first kappa shape index (κ1) is 17.5. The first-order chi connectivity index (χ1) is 12.5. The molecule has 2 aromatic rings. The molecular weight excluding hydrogens is 350 g/mol. The lowest BCUT2D eigenvalue weighted by Gasteiger charge is -2.29. The fourth-order valence-electron chi connectivity index (χ4n) is 3.74. The minimum Gasteiger partial charge on any atom is -0.301 e. The standard InChI is InChI=1S/C19H23N3O3S/c23-19-8-7-18(26(24,25)22-10-3-4-11-22)14-21(19)15-20-12-9-16-5-1-2-6-17(16)13-20/h1-2,5-8,14H,3-4,9-13,15H2. The third kappa shape index (κ3) is 3.34. The number of hydrogen-bond acceptors (Lipinski definition) is 4. The van der Waals surface area contributed by atoms with E-state index in [1.54, 1.807) is 0 Å². The molecule has 0 spiro atoms. The van der Waals surface area contributed by atoms with Gasteiger partial charge in [-0.3, -0.25) is 9.69 Å². The van der Waals surface area contributed by atoms with E-state index in [0.717, 1.165) is 32.4 Å².